The van der Waals surface area contributed by atoms with E-state index in [0.717, 1.165) is 33.5 Å². The molecule has 6 heteroatoms. The summed E-state index contributed by atoms with van der Waals surface area (Å²) in [5, 5.41) is 7.22. The second-order valence-electron chi connectivity index (χ2n) is 6.85. The molecule has 0 fully saturated rings. The topological polar surface area (TPSA) is 37.8 Å². The molecule has 5 aromatic rings. The number of para-hydroxylation sites is 1. The normalized spacial score (nSPS) is 11.1. The number of hydrogen-bond donors (Lipinski definition) is 1. The fraction of sp³-hybridized carbons (Fsp3) is 0.0833. The van der Waals surface area contributed by atoms with E-state index in [2.05, 4.69) is 89.7 Å². The highest BCUT2D eigenvalue weighted by Gasteiger charge is 2.10. The highest BCUT2D eigenvalue weighted by molar-refractivity contribution is 7.98. The summed E-state index contributed by atoms with van der Waals surface area (Å²) < 4.78 is 1.19. The van der Waals surface area contributed by atoms with Gasteiger partial charge in [0.2, 0.25) is 0 Å². The molecule has 0 spiro atoms. The fourth-order valence-corrected chi connectivity index (χ4v) is 5.62. The zero-order valence-electron chi connectivity index (χ0n) is 16.3. The molecule has 0 aliphatic rings. The van der Waals surface area contributed by atoms with Gasteiger partial charge in [-0.15, -0.1) is 23.1 Å². The van der Waals surface area contributed by atoms with Crippen LogP contribution in [0.5, 0.6) is 0 Å². The van der Waals surface area contributed by atoms with E-state index in [-0.39, 0.29) is 0 Å². The molecule has 2 heterocycles. The van der Waals surface area contributed by atoms with Crippen molar-refractivity contribution in [3.63, 3.8) is 0 Å². The molecule has 0 bridgehead atoms. The largest absolute Gasteiger partial charge is 0.307 e. The lowest BCUT2D eigenvalue weighted by atomic mass is 10.0. The highest BCUT2D eigenvalue weighted by atomic mass is 32.2. The summed E-state index contributed by atoms with van der Waals surface area (Å²) in [6.07, 6.45) is 3.03. The van der Waals surface area contributed by atoms with Crippen LogP contribution in [0.2, 0.25) is 0 Å². The molecule has 0 aliphatic heterocycles. The maximum absolute atomic E-state index is 4.77. The zero-order valence-corrected chi connectivity index (χ0v) is 18.8. The second-order valence-corrected chi connectivity index (χ2v) is 9.59. The molecule has 0 saturated heterocycles. The number of anilines is 2. The van der Waals surface area contributed by atoms with Crippen LogP contribution in [0.4, 0.5) is 10.3 Å². The van der Waals surface area contributed by atoms with Crippen LogP contribution in [0.25, 0.3) is 21.5 Å². The van der Waals surface area contributed by atoms with Gasteiger partial charge in [-0.2, -0.15) is 0 Å². The number of benzene rings is 3. The minimum atomic E-state index is 0.864. The lowest BCUT2D eigenvalue weighted by Crippen LogP contribution is -1.89. The van der Waals surface area contributed by atoms with Crippen molar-refractivity contribution in [3.05, 3.63) is 89.3 Å². The van der Waals surface area contributed by atoms with E-state index in [1.165, 1.54) is 20.7 Å². The smallest absolute Gasteiger partial charge is 0.190 e. The minimum Gasteiger partial charge on any atom is -0.307 e. The highest BCUT2D eigenvalue weighted by Crippen LogP contribution is 2.35. The zero-order chi connectivity index (χ0) is 20.3. The van der Waals surface area contributed by atoms with Gasteiger partial charge < -0.3 is 5.32 Å². The number of nitrogens with one attached hydrogen (secondary N) is 1. The number of thioether (sulfide) groups is 1. The molecule has 0 atom stereocenters. The Balaban J connectivity index is 1.32. The van der Waals surface area contributed by atoms with Gasteiger partial charge in [0.15, 0.2) is 10.3 Å². The van der Waals surface area contributed by atoms with Crippen molar-refractivity contribution in [3.8, 4) is 11.3 Å². The van der Waals surface area contributed by atoms with Crippen molar-refractivity contribution in [2.75, 3.05) is 11.6 Å². The van der Waals surface area contributed by atoms with Crippen molar-refractivity contribution in [1.82, 2.24) is 9.97 Å². The van der Waals surface area contributed by atoms with Gasteiger partial charge in [-0.1, -0.05) is 72.0 Å². The van der Waals surface area contributed by atoms with Gasteiger partial charge in [0, 0.05) is 15.8 Å². The Hall–Kier alpha value is -2.67. The lowest BCUT2D eigenvalue weighted by Gasteiger charge is -2.03. The van der Waals surface area contributed by atoms with Crippen LogP contribution >= 0.6 is 34.4 Å². The molecule has 3 aromatic carbocycles. The molecule has 0 unspecified atom stereocenters. The maximum atomic E-state index is 4.77. The Bertz CT molecular complexity index is 1270. The Kier molecular flexibility index (Phi) is 5.53. The number of thiazole rings is 2. The first-order valence-electron chi connectivity index (χ1n) is 9.58. The third-order valence-corrected chi connectivity index (χ3v) is 7.28. The van der Waals surface area contributed by atoms with Crippen molar-refractivity contribution in [2.24, 2.45) is 0 Å². The van der Waals surface area contributed by atoms with Gasteiger partial charge in [-0.25, -0.2) is 9.97 Å². The van der Waals surface area contributed by atoms with Crippen molar-refractivity contribution >= 4 is 54.9 Å². The molecule has 0 aliphatic carbocycles. The van der Waals surface area contributed by atoms with E-state index in [9.17, 15) is 0 Å². The predicted molar refractivity (Wildman–Crippen MR) is 131 cm³/mol. The molecule has 0 saturated carbocycles. The maximum Gasteiger partial charge on any atom is 0.190 e. The molecular formula is C24H19N3S3. The summed E-state index contributed by atoms with van der Waals surface area (Å²) in [6.45, 7) is 0. The van der Waals surface area contributed by atoms with E-state index < -0.39 is 0 Å². The standard InChI is InChI=1S/C24H19N3S3/c1-28-20-8-5-9-21-22(20)26-24(30-21)27-23-25-19(15-29-23)18-12-10-17(11-13-18)14-16-6-3-2-4-7-16/h2-13,15H,14H2,1H3,(H,25,26,27). The Morgan fingerprint density at radius 2 is 1.63 bits per heavy atom. The first-order chi connectivity index (χ1) is 14.8. The quantitative estimate of drug-likeness (QED) is 0.275. The summed E-state index contributed by atoms with van der Waals surface area (Å²) in [7, 11) is 0. The van der Waals surface area contributed by atoms with Crippen molar-refractivity contribution in [1.29, 1.82) is 0 Å². The van der Waals surface area contributed by atoms with Crippen LogP contribution in [0, 0.1) is 0 Å². The third kappa shape index (κ3) is 4.12. The molecule has 30 heavy (non-hydrogen) atoms. The van der Waals surface area contributed by atoms with Gasteiger partial charge >= 0.3 is 0 Å². The number of aromatic nitrogens is 2. The van der Waals surface area contributed by atoms with Gasteiger partial charge in [0.25, 0.3) is 0 Å². The van der Waals surface area contributed by atoms with E-state index in [0.29, 0.717) is 0 Å². The molecule has 3 nitrogen and oxygen atoms in total. The van der Waals surface area contributed by atoms with Crippen LogP contribution in [0.1, 0.15) is 11.1 Å². The number of hydrogen-bond acceptors (Lipinski definition) is 6. The molecule has 0 radical (unpaired) electrons. The van der Waals surface area contributed by atoms with Crippen molar-refractivity contribution < 1.29 is 0 Å². The fourth-order valence-electron chi connectivity index (χ4n) is 3.32. The second kappa shape index (κ2) is 8.60. The van der Waals surface area contributed by atoms with Gasteiger partial charge in [-0.3, -0.25) is 0 Å². The van der Waals surface area contributed by atoms with Crippen LogP contribution in [0.3, 0.4) is 0 Å². The molecule has 0 amide bonds. The average molecular weight is 446 g/mol. The lowest BCUT2D eigenvalue weighted by molar-refractivity contribution is 1.19. The van der Waals surface area contributed by atoms with Gasteiger partial charge in [0.05, 0.1) is 15.9 Å². The summed E-state index contributed by atoms with van der Waals surface area (Å²) >= 11 is 4.99. The number of nitrogens with zero attached hydrogens (tertiary/aromatic N) is 2. The van der Waals surface area contributed by atoms with Gasteiger partial charge in [-0.05, 0) is 35.9 Å². The third-order valence-electron chi connectivity index (χ3n) is 4.82. The predicted octanol–water partition coefficient (Wildman–Crippen LogP) is 7.48. The van der Waals surface area contributed by atoms with Crippen LogP contribution in [-0.2, 0) is 6.42 Å². The van der Waals surface area contributed by atoms with Crippen LogP contribution in [-0.4, -0.2) is 16.2 Å². The summed E-state index contributed by atoms with van der Waals surface area (Å²) in [5.41, 5.74) is 5.80. The SMILES string of the molecule is CSc1cccc2sc(Nc3nc(-c4ccc(Cc5ccccc5)cc4)cs3)nc12. The summed E-state index contributed by atoms with van der Waals surface area (Å²) in [5.74, 6) is 0. The minimum absolute atomic E-state index is 0.864. The van der Waals surface area contributed by atoms with Crippen LogP contribution in [0.15, 0.2) is 83.1 Å². The Labute approximate surface area is 187 Å². The Morgan fingerprint density at radius 1 is 0.833 bits per heavy atom. The summed E-state index contributed by atoms with van der Waals surface area (Å²) in [6, 6.07) is 25.5. The first-order valence-corrected chi connectivity index (χ1v) is 12.5. The van der Waals surface area contributed by atoms with E-state index in [4.69, 9.17) is 9.97 Å². The van der Waals surface area contributed by atoms with E-state index in [1.807, 2.05) is 0 Å². The molecule has 2 aromatic heterocycles. The van der Waals surface area contributed by atoms with Gasteiger partial charge in [0.1, 0.15) is 0 Å². The van der Waals surface area contributed by atoms with Crippen molar-refractivity contribution in [2.45, 2.75) is 11.3 Å². The molecule has 148 valence electrons. The molecule has 5 rings (SSSR count). The van der Waals surface area contributed by atoms with E-state index >= 15 is 0 Å². The average Bonchev–Trinajstić information content (AvgIpc) is 3.41. The molecule has 1 N–H and O–H groups in total. The monoisotopic (exact) mass is 445 g/mol. The first kappa shape index (κ1) is 19.3. The number of rotatable bonds is 6. The van der Waals surface area contributed by atoms with E-state index in [1.54, 1.807) is 34.4 Å². The Morgan fingerprint density at radius 3 is 2.43 bits per heavy atom. The number of fused-ring (bicyclic) bond motifs is 1. The van der Waals surface area contributed by atoms with Crippen LogP contribution < -0.4 is 5.32 Å². The summed E-state index contributed by atoms with van der Waals surface area (Å²) in [4.78, 5) is 10.7. The molecular weight excluding hydrogens is 426 g/mol.